The zero-order chi connectivity index (χ0) is 16.9. The van der Waals surface area contributed by atoms with Crippen molar-refractivity contribution in [1.82, 2.24) is 9.62 Å². The number of nitrogens with one attached hydrogen (secondary N) is 1. The van der Waals surface area contributed by atoms with Crippen LogP contribution in [-0.2, 0) is 14.8 Å². The van der Waals surface area contributed by atoms with Gasteiger partial charge in [0, 0.05) is 26.1 Å². The van der Waals surface area contributed by atoms with Crippen LogP contribution < -0.4 is 4.72 Å². The summed E-state index contributed by atoms with van der Waals surface area (Å²) in [5, 5.41) is 0. The highest BCUT2D eigenvalue weighted by Crippen LogP contribution is 2.16. The van der Waals surface area contributed by atoms with E-state index in [-0.39, 0.29) is 23.4 Å². The number of carbonyl (C=O) groups excluding carboxylic acids is 1. The van der Waals surface area contributed by atoms with E-state index in [0.717, 1.165) is 17.5 Å². The number of nitrogens with zero attached hydrogens (tertiary/aromatic N) is 1. The van der Waals surface area contributed by atoms with Gasteiger partial charge in [0.05, 0.1) is 4.90 Å². The summed E-state index contributed by atoms with van der Waals surface area (Å²) >= 11 is 0. The van der Waals surface area contributed by atoms with E-state index in [1.54, 1.807) is 24.0 Å². The molecular formula is C16H26N2O3S. The summed E-state index contributed by atoms with van der Waals surface area (Å²) in [5.74, 6) is -0.0416. The average molecular weight is 326 g/mol. The highest BCUT2D eigenvalue weighted by Gasteiger charge is 2.19. The van der Waals surface area contributed by atoms with Gasteiger partial charge < -0.3 is 4.90 Å². The average Bonchev–Trinajstić information content (AvgIpc) is 2.41. The topological polar surface area (TPSA) is 66.5 Å². The lowest BCUT2D eigenvalue weighted by Crippen LogP contribution is -2.42. The fourth-order valence-electron chi connectivity index (χ4n) is 2.39. The Kier molecular flexibility index (Phi) is 6.56. The summed E-state index contributed by atoms with van der Waals surface area (Å²) in [6.07, 6.45) is 0.837. The molecule has 22 heavy (non-hydrogen) atoms. The lowest BCUT2D eigenvalue weighted by molar-refractivity contribution is -0.130. The molecule has 1 aromatic rings. The van der Waals surface area contributed by atoms with Crippen LogP contribution in [0.25, 0.3) is 0 Å². The van der Waals surface area contributed by atoms with Gasteiger partial charge in [-0.25, -0.2) is 13.1 Å². The van der Waals surface area contributed by atoms with E-state index in [2.05, 4.69) is 4.72 Å². The van der Waals surface area contributed by atoms with Gasteiger partial charge in [-0.1, -0.05) is 24.6 Å². The first-order chi connectivity index (χ1) is 10.2. The zero-order valence-electron chi connectivity index (χ0n) is 14.0. The third-order valence-electron chi connectivity index (χ3n) is 3.79. The van der Waals surface area contributed by atoms with Crippen molar-refractivity contribution in [2.24, 2.45) is 0 Å². The molecule has 6 heteroatoms. The first-order valence-electron chi connectivity index (χ1n) is 7.53. The lowest BCUT2D eigenvalue weighted by Gasteiger charge is -2.27. The summed E-state index contributed by atoms with van der Waals surface area (Å²) in [4.78, 5) is 13.6. The Morgan fingerprint density at radius 1 is 1.32 bits per heavy atom. The van der Waals surface area contributed by atoms with Crippen LogP contribution in [0.1, 0.15) is 38.3 Å². The molecule has 1 atom stereocenters. The molecule has 0 bridgehead atoms. The third-order valence-corrected chi connectivity index (χ3v) is 5.41. The molecule has 0 radical (unpaired) electrons. The second-order valence-corrected chi connectivity index (χ2v) is 7.37. The van der Waals surface area contributed by atoms with Crippen LogP contribution in [0.5, 0.6) is 0 Å². The smallest absolute Gasteiger partial charge is 0.240 e. The molecule has 0 saturated carbocycles. The van der Waals surface area contributed by atoms with Gasteiger partial charge >= 0.3 is 0 Å². The Balaban J connectivity index is 2.75. The van der Waals surface area contributed by atoms with Gasteiger partial charge in [-0.05, 0) is 38.8 Å². The van der Waals surface area contributed by atoms with E-state index in [0.29, 0.717) is 6.54 Å². The van der Waals surface area contributed by atoms with Gasteiger partial charge in [0.1, 0.15) is 0 Å². The van der Waals surface area contributed by atoms with Crippen molar-refractivity contribution in [2.45, 2.75) is 52.0 Å². The summed E-state index contributed by atoms with van der Waals surface area (Å²) in [6, 6.07) is 5.34. The SMILES string of the molecule is CCC(C)N(CCNS(=O)(=O)c1ccc(C)cc1C)C(C)=O. The predicted molar refractivity (Wildman–Crippen MR) is 88.2 cm³/mol. The Labute approximate surface area is 133 Å². The Morgan fingerprint density at radius 2 is 1.95 bits per heavy atom. The van der Waals surface area contributed by atoms with Crippen molar-refractivity contribution in [1.29, 1.82) is 0 Å². The Bertz CT molecular complexity index is 626. The van der Waals surface area contributed by atoms with Crippen LogP contribution >= 0.6 is 0 Å². The highest BCUT2D eigenvalue weighted by atomic mass is 32.2. The lowest BCUT2D eigenvalue weighted by atomic mass is 10.2. The Morgan fingerprint density at radius 3 is 2.45 bits per heavy atom. The molecule has 1 N–H and O–H groups in total. The van der Waals surface area contributed by atoms with Crippen molar-refractivity contribution in [3.63, 3.8) is 0 Å². The van der Waals surface area contributed by atoms with Crippen LogP contribution in [-0.4, -0.2) is 38.4 Å². The monoisotopic (exact) mass is 326 g/mol. The summed E-state index contributed by atoms with van der Waals surface area (Å²) < 4.78 is 27.3. The standard InChI is InChI=1S/C16H26N2O3S/c1-6-14(4)18(15(5)19)10-9-17-22(20,21)16-8-7-12(2)11-13(16)3/h7-8,11,14,17H,6,9-10H2,1-5H3. The second-order valence-electron chi connectivity index (χ2n) is 5.64. The van der Waals surface area contributed by atoms with Crippen molar-refractivity contribution >= 4 is 15.9 Å². The molecule has 0 aliphatic heterocycles. The molecule has 5 nitrogen and oxygen atoms in total. The molecule has 1 aromatic carbocycles. The third kappa shape index (κ3) is 4.81. The number of hydrogen-bond acceptors (Lipinski definition) is 3. The quantitative estimate of drug-likeness (QED) is 0.835. The highest BCUT2D eigenvalue weighted by molar-refractivity contribution is 7.89. The number of sulfonamides is 1. The van der Waals surface area contributed by atoms with Crippen molar-refractivity contribution in [2.75, 3.05) is 13.1 Å². The van der Waals surface area contributed by atoms with Crippen LogP contribution in [0, 0.1) is 13.8 Å². The number of benzene rings is 1. The van der Waals surface area contributed by atoms with Gasteiger partial charge in [0.15, 0.2) is 0 Å². The maximum Gasteiger partial charge on any atom is 0.240 e. The number of hydrogen-bond donors (Lipinski definition) is 1. The molecule has 1 amide bonds. The minimum absolute atomic E-state index is 0.0416. The molecule has 0 fully saturated rings. The number of aryl methyl sites for hydroxylation is 2. The number of rotatable bonds is 7. The maximum absolute atomic E-state index is 12.3. The zero-order valence-corrected chi connectivity index (χ0v) is 14.8. The van der Waals surface area contributed by atoms with Gasteiger partial charge in [0.2, 0.25) is 15.9 Å². The van der Waals surface area contributed by atoms with Crippen molar-refractivity contribution in [3.8, 4) is 0 Å². The molecule has 0 aromatic heterocycles. The van der Waals surface area contributed by atoms with Gasteiger partial charge in [-0.15, -0.1) is 0 Å². The molecule has 0 spiro atoms. The van der Waals surface area contributed by atoms with E-state index < -0.39 is 10.0 Å². The summed E-state index contributed by atoms with van der Waals surface area (Å²) in [6.45, 7) is 9.75. The minimum atomic E-state index is -3.55. The van der Waals surface area contributed by atoms with Crippen LogP contribution in [0.2, 0.25) is 0 Å². The van der Waals surface area contributed by atoms with E-state index in [1.807, 2.05) is 26.8 Å². The van der Waals surface area contributed by atoms with E-state index in [9.17, 15) is 13.2 Å². The molecule has 124 valence electrons. The number of carbonyl (C=O) groups is 1. The van der Waals surface area contributed by atoms with Gasteiger partial charge in [-0.2, -0.15) is 0 Å². The fraction of sp³-hybridized carbons (Fsp3) is 0.562. The summed E-state index contributed by atoms with van der Waals surface area (Å²) in [5.41, 5.74) is 1.74. The van der Waals surface area contributed by atoms with Crippen molar-refractivity contribution < 1.29 is 13.2 Å². The molecule has 0 saturated heterocycles. The number of amides is 1. The fourth-order valence-corrected chi connectivity index (χ4v) is 3.63. The summed E-state index contributed by atoms with van der Waals surface area (Å²) in [7, 11) is -3.55. The molecule has 1 rings (SSSR count). The Hall–Kier alpha value is -1.40. The molecule has 1 unspecified atom stereocenters. The first kappa shape index (κ1) is 18.6. The largest absolute Gasteiger partial charge is 0.339 e. The molecular weight excluding hydrogens is 300 g/mol. The maximum atomic E-state index is 12.3. The van der Waals surface area contributed by atoms with Crippen LogP contribution in [0.15, 0.2) is 23.1 Å². The van der Waals surface area contributed by atoms with E-state index in [4.69, 9.17) is 0 Å². The molecule has 0 aliphatic carbocycles. The van der Waals surface area contributed by atoms with Gasteiger partial charge in [-0.3, -0.25) is 4.79 Å². The van der Waals surface area contributed by atoms with Crippen LogP contribution in [0.3, 0.4) is 0 Å². The first-order valence-corrected chi connectivity index (χ1v) is 9.01. The molecule has 0 heterocycles. The molecule has 0 aliphatic rings. The van der Waals surface area contributed by atoms with Crippen molar-refractivity contribution in [3.05, 3.63) is 29.3 Å². The van der Waals surface area contributed by atoms with E-state index in [1.165, 1.54) is 6.92 Å². The second kappa shape index (κ2) is 7.74. The minimum Gasteiger partial charge on any atom is -0.339 e. The predicted octanol–water partition coefficient (Wildman–Crippen LogP) is 2.23. The normalized spacial score (nSPS) is 13.0. The van der Waals surface area contributed by atoms with Gasteiger partial charge in [0.25, 0.3) is 0 Å². The van der Waals surface area contributed by atoms with Crippen LogP contribution in [0.4, 0.5) is 0 Å². The van der Waals surface area contributed by atoms with E-state index >= 15 is 0 Å².